The van der Waals surface area contributed by atoms with Crippen molar-refractivity contribution in [3.05, 3.63) is 0 Å². The SMILES string of the molecule is COCC(CCCNC(=O)OC(C)(C)C)NCC1CCC(O)C1. The van der Waals surface area contributed by atoms with E-state index in [9.17, 15) is 9.90 Å². The molecule has 3 unspecified atom stereocenters. The second-order valence-corrected chi connectivity index (χ2v) is 7.46. The van der Waals surface area contributed by atoms with Gasteiger partial charge in [-0.2, -0.15) is 0 Å². The lowest BCUT2D eigenvalue weighted by Crippen LogP contribution is -2.37. The maximum Gasteiger partial charge on any atom is 0.407 e. The predicted molar refractivity (Wildman–Crippen MR) is 90.5 cm³/mol. The molecule has 136 valence electrons. The van der Waals surface area contributed by atoms with E-state index in [2.05, 4.69) is 10.6 Å². The van der Waals surface area contributed by atoms with Crippen molar-refractivity contribution >= 4 is 6.09 Å². The van der Waals surface area contributed by atoms with Gasteiger partial charge >= 0.3 is 6.09 Å². The first-order valence-electron chi connectivity index (χ1n) is 8.67. The van der Waals surface area contributed by atoms with Crippen molar-refractivity contribution in [3.63, 3.8) is 0 Å². The molecule has 0 radical (unpaired) electrons. The Labute approximate surface area is 140 Å². The van der Waals surface area contributed by atoms with E-state index >= 15 is 0 Å². The lowest BCUT2D eigenvalue weighted by Gasteiger charge is -2.21. The molecule has 6 nitrogen and oxygen atoms in total. The molecular formula is C17H34N2O4. The number of aliphatic hydroxyl groups excluding tert-OH is 1. The Hall–Kier alpha value is -0.850. The van der Waals surface area contributed by atoms with Crippen LogP contribution in [0.25, 0.3) is 0 Å². The lowest BCUT2D eigenvalue weighted by molar-refractivity contribution is 0.0526. The van der Waals surface area contributed by atoms with E-state index in [0.29, 0.717) is 19.1 Å². The molecule has 0 heterocycles. The minimum Gasteiger partial charge on any atom is -0.444 e. The summed E-state index contributed by atoms with van der Waals surface area (Å²) in [5, 5.41) is 15.9. The second kappa shape index (κ2) is 10.1. The van der Waals surface area contributed by atoms with E-state index in [4.69, 9.17) is 9.47 Å². The highest BCUT2D eigenvalue weighted by atomic mass is 16.6. The topological polar surface area (TPSA) is 79.8 Å². The number of amides is 1. The Morgan fingerprint density at radius 3 is 2.65 bits per heavy atom. The van der Waals surface area contributed by atoms with Crippen LogP contribution in [0, 0.1) is 5.92 Å². The van der Waals surface area contributed by atoms with Crippen LogP contribution in [0.1, 0.15) is 52.9 Å². The monoisotopic (exact) mass is 330 g/mol. The van der Waals surface area contributed by atoms with Gasteiger partial charge in [-0.15, -0.1) is 0 Å². The highest BCUT2D eigenvalue weighted by Gasteiger charge is 2.23. The molecule has 23 heavy (non-hydrogen) atoms. The molecule has 1 saturated carbocycles. The fourth-order valence-electron chi connectivity index (χ4n) is 2.87. The Morgan fingerprint density at radius 2 is 2.09 bits per heavy atom. The third-order valence-electron chi connectivity index (χ3n) is 3.97. The molecule has 0 aromatic rings. The van der Waals surface area contributed by atoms with Gasteiger partial charge in [0.1, 0.15) is 5.60 Å². The Morgan fingerprint density at radius 1 is 1.35 bits per heavy atom. The number of rotatable bonds is 9. The van der Waals surface area contributed by atoms with E-state index in [0.717, 1.165) is 38.6 Å². The van der Waals surface area contributed by atoms with Crippen LogP contribution in [0.3, 0.4) is 0 Å². The molecule has 1 amide bonds. The molecule has 0 saturated heterocycles. The van der Waals surface area contributed by atoms with Gasteiger partial charge in [0.05, 0.1) is 12.7 Å². The number of nitrogens with one attached hydrogen (secondary N) is 2. The molecule has 1 aliphatic rings. The summed E-state index contributed by atoms with van der Waals surface area (Å²) in [4.78, 5) is 11.6. The normalized spacial score (nSPS) is 22.8. The van der Waals surface area contributed by atoms with Crippen molar-refractivity contribution in [1.29, 1.82) is 0 Å². The molecule has 1 rings (SSSR count). The Bertz CT molecular complexity index is 344. The van der Waals surface area contributed by atoms with Gasteiger partial charge in [-0.05, 0) is 65.3 Å². The molecule has 0 aromatic heterocycles. The van der Waals surface area contributed by atoms with E-state index < -0.39 is 5.60 Å². The molecular weight excluding hydrogens is 296 g/mol. The van der Waals surface area contributed by atoms with Crippen LogP contribution in [0.4, 0.5) is 4.79 Å². The van der Waals surface area contributed by atoms with Gasteiger partial charge < -0.3 is 25.2 Å². The molecule has 6 heteroatoms. The average molecular weight is 330 g/mol. The summed E-state index contributed by atoms with van der Waals surface area (Å²) in [5.74, 6) is 0.559. The van der Waals surface area contributed by atoms with Crippen molar-refractivity contribution in [1.82, 2.24) is 10.6 Å². The maximum absolute atomic E-state index is 11.6. The first-order valence-corrected chi connectivity index (χ1v) is 8.67. The van der Waals surface area contributed by atoms with Crippen LogP contribution in [0.2, 0.25) is 0 Å². The summed E-state index contributed by atoms with van der Waals surface area (Å²) in [5.41, 5.74) is -0.462. The number of ether oxygens (including phenoxy) is 2. The molecule has 1 fully saturated rings. The third kappa shape index (κ3) is 9.79. The first-order chi connectivity index (χ1) is 10.8. The molecule has 3 N–H and O–H groups in total. The summed E-state index contributed by atoms with van der Waals surface area (Å²) < 4.78 is 10.5. The van der Waals surface area contributed by atoms with Crippen LogP contribution in [-0.2, 0) is 9.47 Å². The largest absolute Gasteiger partial charge is 0.444 e. The van der Waals surface area contributed by atoms with Crippen molar-refractivity contribution in [2.75, 3.05) is 26.8 Å². The van der Waals surface area contributed by atoms with Crippen LogP contribution in [0.5, 0.6) is 0 Å². The standard InChI is InChI=1S/C17H34N2O4/c1-17(2,3)23-16(21)18-9-5-6-14(12-22-4)19-11-13-7-8-15(20)10-13/h13-15,19-20H,5-12H2,1-4H3,(H,18,21). The summed E-state index contributed by atoms with van der Waals surface area (Å²) in [6.07, 6.45) is 4.21. The number of carbonyl (C=O) groups is 1. The summed E-state index contributed by atoms with van der Waals surface area (Å²) in [7, 11) is 1.70. The van der Waals surface area contributed by atoms with E-state index in [1.54, 1.807) is 7.11 Å². The number of carbonyl (C=O) groups excluding carboxylic acids is 1. The van der Waals surface area contributed by atoms with Gasteiger partial charge in [0, 0.05) is 19.7 Å². The summed E-state index contributed by atoms with van der Waals surface area (Å²) >= 11 is 0. The average Bonchev–Trinajstić information content (AvgIpc) is 2.84. The van der Waals surface area contributed by atoms with Crippen LogP contribution < -0.4 is 10.6 Å². The van der Waals surface area contributed by atoms with Crippen molar-refractivity contribution in [2.45, 2.75) is 70.6 Å². The Balaban J connectivity index is 2.16. The molecule has 0 spiro atoms. The van der Waals surface area contributed by atoms with Crippen LogP contribution >= 0.6 is 0 Å². The third-order valence-corrected chi connectivity index (χ3v) is 3.97. The first kappa shape index (κ1) is 20.2. The molecule has 0 aliphatic heterocycles. The van der Waals surface area contributed by atoms with Crippen molar-refractivity contribution < 1.29 is 19.4 Å². The number of alkyl carbamates (subject to hydrolysis) is 1. The van der Waals surface area contributed by atoms with Crippen molar-refractivity contribution in [2.24, 2.45) is 5.92 Å². The minimum absolute atomic E-state index is 0.124. The van der Waals surface area contributed by atoms with Crippen LogP contribution in [-0.4, -0.2) is 55.8 Å². The quantitative estimate of drug-likeness (QED) is 0.564. The molecule has 0 aromatic carbocycles. The van der Waals surface area contributed by atoms with Gasteiger partial charge in [0.2, 0.25) is 0 Å². The minimum atomic E-state index is -0.462. The highest BCUT2D eigenvalue weighted by molar-refractivity contribution is 5.67. The van der Waals surface area contributed by atoms with Gasteiger partial charge in [0.15, 0.2) is 0 Å². The zero-order valence-electron chi connectivity index (χ0n) is 15.1. The summed E-state index contributed by atoms with van der Waals surface area (Å²) in [6.45, 7) is 7.73. The molecule has 3 atom stereocenters. The zero-order chi connectivity index (χ0) is 17.3. The fourth-order valence-corrected chi connectivity index (χ4v) is 2.87. The Kier molecular flexibility index (Phi) is 8.87. The molecule has 0 bridgehead atoms. The number of hydrogen-bond acceptors (Lipinski definition) is 5. The predicted octanol–water partition coefficient (Wildman–Crippen LogP) is 2.06. The fraction of sp³-hybridized carbons (Fsp3) is 0.941. The van der Waals surface area contributed by atoms with Gasteiger partial charge in [-0.25, -0.2) is 4.79 Å². The van der Waals surface area contributed by atoms with Gasteiger partial charge in [-0.3, -0.25) is 0 Å². The van der Waals surface area contributed by atoms with E-state index in [1.807, 2.05) is 20.8 Å². The smallest absolute Gasteiger partial charge is 0.407 e. The van der Waals surface area contributed by atoms with Crippen LogP contribution in [0.15, 0.2) is 0 Å². The highest BCUT2D eigenvalue weighted by Crippen LogP contribution is 2.24. The van der Waals surface area contributed by atoms with Crippen molar-refractivity contribution in [3.8, 4) is 0 Å². The number of hydrogen-bond donors (Lipinski definition) is 3. The number of methoxy groups -OCH3 is 1. The molecule has 1 aliphatic carbocycles. The van der Waals surface area contributed by atoms with Gasteiger partial charge in [0.25, 0.3) is 0 Å². The summed E-state index contributed by atoms with van der Waals surface area (Å²) in [6, 6.07) is 0.276. The maximum atomic E-state index is 11.6. The lowest BCUT2D eigenvalue weighted by atomic mass is 10.1. The zero-order valence-corrected chi connectivity index (χ0v) is 15.1. The van der Waals surface area contributed by atoms with E-state index in [1.165, 1.54) is 0 Å². The van der Waals surface area contributed by atoms with Gasteiger partial charge in [-0.1, -0.05) is 0 Å². The van der Waals surface area contributed by atoms with E-state index in [-0.39, 0.29) is 18.2 Å². The second-order valence-electron chi connectivity index (χ2n) is 7.46. The number of aliphatic hydroxyl groups is 1.